The van der Waals surface area contributed by atoms with E-state index < -0.39 is 17.4 Å². The zero-order valence-corrected chi connectivity index (χ0v) is 10.5. The lowest BCUT2D eigenvalue weighted by molar-refractivity contribution is -0.136. The highest BCUT2D eigenvalue weighted by molar-refractivity contribution is 5.90. The maximum Gasteiger partial charge on any atom is 0.244 e. The lowest BCUT2D eigenvalue weighted by Crippen LogP contribution is -2.48. The van der Waals surface area contributed by atoms with E-state index in [1.54, 1.807) is 34.9 Å². The van der Waals surface area contributed by atoms with Gasteiger partial charge in [-0.2, -0.15) is 5.26 Å². The molecule has 90 valence electrons. The zero-order valence-electron chi connectivity index (χ0n) is 10.5. The lowest BCUT2D eigenvalue weighted by Gasteiger charge is -2.23. The summed E-state index contributed by atoms with van der Waals surface area (Å²) in [6.45, 7) is 4.93. The Morgan fingerprint density at radius 2 is 2.00 bits per heavy atom. The number of carbonyl (C=O) groups excluding carboxylic acids is 2. The molecule has 0 saturated heterocycles. The number of hydrogen-bond acceptors (Lipinski definition) is 3. The van der Waals surface area contributed by atoms with Crippen LogP contribution in [-0.2, 0) is 9.59 Å². The summed E-state index contributed by atoms with van der Waals surface area (Å²) in [5.41, 5.74) is -1.07. The van der Waals surface area contributed by atoms with Gasteiger partial charge in [-0.05, 0) is 20.3 Å². The van der Waals surface area contributed by atoms with Crippen LogP contribution in [-0.4, -0.2) is 36.9 Å². The van der Waals surface area contributed by atoms with Gasteiger partial charge in [0.2, 0.25) is 11.8 Å². The van der Waals surface area contributed by atoms with Crippen LogP contribution in [0.4, 0.5) is 0 Å². The quantitative estimate of drug-likeness (QED) is 0.758. The first-order valence-corrected chi connectivity index (χ1v) is 5.22. The molecule has 0 rings (SSSR count). The van der Waals surface area contributed by atoms with Crippen molar-refractivity contribution in [2.45, 2.75) is 33.2 Å². The van der Waals surface area contributed by atoms with Crippen LogP contribution < -0.4 is 5.32 Å². The van der Waals surface area contributed by atoms with Crippen LogP contribution in [0.25, 0.3) is 0 Å². The molecule has 2 atom stereocenters. The Morgan fingerprint density at radius 3 is 2.31 bits per heavy atom. The molecule has 0 spiro atoms. The number of hydrogen-bond donors (Lipinski definition) is 1. The summed E-state index contributed by atoms with van der Waals surface area (Å²) in [4.78, 5) is 24.7. The van der Waals surface area contributed by atoms with E-state index in [4.69, 9.17) is 5.26 Å². The van der Waals surface area contributed by atoms with E-state index >= 15 is 0 Å². The van der Waals surface area contributed by atoms with E-state index in [2.05, 4.69) is 5.32 Å². The summed E-state index contributed by atoms with van der Waals surface area (Å²) in [6, 6.07) is 1.35. The molecule has 0 aliphatic heterocycles. The fourth-order valence-electron chi connectivity index (χ4n) is 1.10. The summed E-state index contributed by atoms with van der Waals surface area (Å²) in [5, 5.41) is 11.5. The molecule has 16 heavy (non-hydrogen) atoms. The SMILES string of the molecule is CCC(C)(C#N)C(=O)NC(C)C(=O)N(C)C. The molecule has 0 aromatic rings. The van der Waals surface area contributed by atoms with Crippen LogP contribution in [0.5, 0.6) is 0 Å². The second kappa shape index (κ2) is 5.50. The summed E-state index contributed by atoms with van der Waals surface area (Å²) in [5.74, 6) is -0.593. The van der Waals surface area contributed by atoms with Crippen molar-refractivity contribution in [1.82, 2.24) is 10.2 Å². The average molecular weight is 225 g/mol. The topological polar surface area (TPSA) is 73.2 Å². The third kappa shape index (κ3) is 3.23. The second-order valence-corrected chi connectivity index (χ2v) is 4.23. The van der Waals surface area contributed by atoms with Gasteiger partial charge in [-0.3, -0.25) is 9.59 Å². The Hall–Kier alpha value is -1.57. The van der Waals surface area contributed by atoms with Crippen molar-refractivity contribution in [3.05, 3.63) is 0 Å². The fraction of sp³-hybridized carbons (Fsp3) is 0.727. The van der Waals surface area contributed by atoms with Crippen molar-refractivity contribution in [3.8, 4) is 6.07 Å². The fourth-order valence-corrected chi connectivity index (χ4v) is 1.10. The monoisotopic (exact) mass is 225 g/mol. The molecule has 0 radical (unpaired) electrons. The van der Waals surface area contributed by atoms with Crippen molar-refractivity contribution in [1.29, 1.82) is 5.26 Å². The van der Waals surface area contributed by atoms with Crippen LogP contribution in [0, 0.1) is 16.7 Å². The third-order valence-electron chi connectivity index (χ3n) is 2.61. The number of nitriles is 1. The number of nitrogens with zero attached hydrogens (tertiary/aromatic N) is 2. The minimum absolute atomic E-state index is 0.190. The number of amides is 2. The Morgan fingerprint density at radius 1 is 1.50 bits per heavy atom. The van der Waals surface area contributed by atoms with Gasteiger partial charge in [0.05, 0.1) is 6.07 Å². The Kier molecular flexibility index (Phi) is 4.96. The Labute approximate surface area is 96.4 Å². The summed E-state index contributed by atoms with van der Waals surface area (Å²) in [7, 11) is 3.24. The van der Waals surface area contributed by atoms with Gasteiger partial charge in [0, 0.05) is 14.1 Å². The lowest BCUT2D eigenvalue weighted by atomic mass is 9.88. The van der Waals surface area contributed by atoms with Crippen LogP contribution >= 0.6 is 0 Å². The molecule has 0 aromatic heterocycles. The Balaban J connectivity index is 4.59. The van der Waals surface area contributed by atoms with Gasteiger partial charge >= 0.3 is 0 Å². The van der Waals surface area contributed by atoms with E-state index in [-0.39, 0.29) is 5.91 Å². The highest BCUT2D eigenvalue weighted by Crippen LogP contribution is 2.19. The number of nitrogens with one attached hydrogen (secondary N) is 1. The van der Waals surface area contributed by atoms with Gasteiger partial charge in [0.1, 0.15) is 11.5 Å². The normalized spacial score (nSPS) is 15.5. The van der Waals surface area contributed by atoms with Crippen molar-refractivity contribution in [2.75, 3.05) is 14.1 Å². The molecular formula is C11H19N3O2. The minimum Gasteiger partial charge on any atom is -0.347 e. The van der Waals surface area contributed by atoms with Crippen LogP contribution in [0.15, 0.2) is 0 Å². The summed E-state index contributed by atoms with van der Waals surface area (Å²) >= 11 is 0. The number of rotatable bonds is 4. The highest BCUT2D eigenvalue weighted by atomic mass is 16.2. The molecule has 0 bridgehead atoms. The molecule has 0 saturated carbocycles. The molecule has 2 amide bonds. The smallest absolute Gasteiger partial charge is 0.244 e. The molecule has 1 N–H and O–H groups in total. The van der Waals surface area contributed by atoms with Crippen LogP contribution in [0.3, 0.4) is 0 Å². The van der Waals surface area contributed by atoms with Crippen molar-refractivity contribution < 1.29 is 9.59 Å². The van der Waals surface area contributed by atoms with Gasteiger partial charge in [0.15, 0.2) is 0 Å². The molecule has 0 heterocycles. The van der Waals surface area contributed by atoms with Crippen molar-refractivity contribution in [2.24, 2.45) is 5.41 Å². The second-order valence-electron chi connectivity index (χ2n) is 4.23. The standard InChI is InChI=1S/C11H19N3O2/c1-6-11(3,7-12)10(16)13-8(2)9(15)14(4)5/h8H,6H2,1-5H3,(H,13,16). The summed E-state index contributed by atoms with van der Waals surface area (Å²) < 4.78 is 0. The van der Waals surface area contributed by atoms with Gasteiger partial charge in [-0.25, -0.2) is 0 Å². The van der Waals surface area contributed by atoms with Crippen molar-refractivity contribution in [3.63, 3.8) is 0 Å². The first kappa shape index (κ1) is 14.4. The molecule has 2 unspecified atom stereocenters. The maximum absolute atomic E-state index is 11.8. The minimum atomic E-state index is -1.07. The van der Waals surface area contributed by atoms with Crippen LogP contribution in [0.1, 0.15) is 27.2 Å². The van der Waals surface area contributed by atoms with Crippen LogP contribution in [0.2, 0.25) is 0 Å². The first-order valence-electron chi connectivity index (χ1n) is 5.22. The Bertz CT molecular complexity index is 320. The molecule has 0 fully saturated rings. The predicted molar refractivity (Wildman–Crippen MR) is 60.3 cm³/mol. The summed E-state index contributed by atoms with van der Waals surface area (Å²) in [6.07, 6.45) is 0.415. The molecule has 0 aliphatic rings. The largest absolute Gasteiger partial charge is 0.347 e. The van der Waals surface area contributed by atoms with Crippen molar-refractivity contribution >= 4 is 11.8 Å². The molecule has 0 aliphatic carbocycles. The predicted octanol–water partition coefficient (Wildman–Crippen LogP) is 0.519. The van der Waals surface area contributed by atoms with E-state index in [1.807, 2.05) is 6.07 Å². The molecular weight excluding hydrogens is 206 g/mol. The molecule has 5 nitrogen and oxygen atoms in total. The van der Waals surface area contributed by atoms with Gasteiger partial charge < -0.3 is 10.2 Å². The zero-order chi connectivity index (χ0) is 12.9. The van der Waals surface area contributed by atoms with Gasteiger partial charge in [0.25, 0.3) is 0 Å². The van der Waals surface area contributed by atoms with Gasteiger partial charge in [-0.1, -0.05) is 6.92 Å². The van der Waals surface area contributed by atoms with Gasteiger partial charge in [-0.15, -0.1) is 0 Å². The highest BCUT2D eigenvalue weighted by Gasteiger charge is 2.33. The number of likely N-dealkylation sites (N-methyl/N-ethyl adjacent to an activating group) is 1. The first-order chi connectivity index (χ1) is 7.28. The third-order valence-corrected chi connectivity index (χ3v) is 2.61. The molecule has 5 heteroatoms. The van der Waals surface area contributed by atoms with E-state index in [1.165, 1.54) is 4.90 Å². The average Bonchev–Trinajstić information content (AvgIpc) is 2.26. The number of carbonyl (C=O) groups is 2. The maximum atomic E-state index is 11.8. The van der Waals surface area contributed by atoms with E-state index in [0.29, 0.717) is 6.42 Å². The van der Waals surface area contributed by atoms with E-state index in [9.17, 15) is 9.59 Å². The van der Waals surface area contributed by atoms with E-state index in [0.717, 1.165) is 0 Å². The molecule has 0 aromatic carbocycles.